The molecule has 230 valence electrons. The van der Waals surface area contributed by atoms with Crippen LogP contribution in [0.1, 0.15) is 23.1 Å². The minimum Gasteiger partial charge on any atom is -0.497 e. The number of alkyl halides is 3. The maximum absolute atomic E-state index is 12.8. The molecule has 0 bridgehead atoms. The zero-order valence-corrected chi connectivity index (χ0v) is 24.9. The van der Waals surface area contributed by atoms with Crippen molar-refractivity contribution in [3.63, 3.8) is 0 Å². The van der Waals surface area contributed by atoms with E-state index in [4.69, 9.17) is 27.8 Å². The zero-order chi connectivity index (χ0) is 30.6. The van der Waals surface area contributed by atoms with Gasteiger partial charge in [-0.25, -0.2) is 0 Å². The number of piperazine rings is 1. The Hall–Kier alpha value is -3.28. The molecule has 1 aromatic heterocycles. The summed E-state index contributed by atoms with van der Waals surface area (Å²) < 4.78 is 50.2. The van der Waals surface area contributed by atoms with E-state index < -0.39 is 6.36 Å². The fraction of sp³-hybridized carbons (Fsp3) is 0.375. The fourth-order valence-electron chi connectivity index (χ4n) is 5.71. The molecule has 1 saturated heterocycles. The van der Waals surface area contributed by atoms with Gasteiger partial charge in [0.05, 0.1) is 7.11 Å². The molecule has 0 radical (unpaired) electrons. The first-order valence-electron chi connectivity index (χ1n) is 14.4. The van der Waals surface area contributed by atoms with Crippen LogP contribution in [0.5, 0.6) is 11.5 Å². The Morgan fingerprint density at radius 3 is 2.21 bits per heavy atom. The minimum absolute atomic E-state index is 0.0742. The molecular weight excluding hydrogens is 579 g/mol. The Bertz CT molecular complexity index is 1550. The third-order valence-electron chi connectivity index (χ3n) is 7.89. The van der Waals surface area contributed by atoms with Gasteiger partial charge in [0.25, 0.3) is 0 Å². The number of rotatable bonds is 11. The highest BCUT2D eigenvalue weighted by Crippen LogP contribution is 2.36. The predicted octanol–water partition coefficient (Wildman–Crippen LogP) is 5.99. The summed E-state index contributed by atoms with van der Waals surface area (Å²) in [5.41, 5.74) is 17.4. The number of aryl methyl sites for hydroxylation is 1. The summed E-state index contributed by atoms with van der Waals surface area (Å²) in [6.07, 6.45) is -1.92. The molecule has 0 spiro atoms. The van der Waals surface area contributed by atoms with E-state index in [1.165, 1.54) is 17.7 Å². The van der Waals surface area contributed by atoms with Crippen LogP contribution < -0.4 is 20.9 Å². The number of nitrogens with zero attached hydrogens (tertiary/aromatic N) is 3. The normalized spacial score (nSPS) is 14.9. The molecule has 11 heteroatoms. The lowest BCUT2D eigenvalue weighted by Gasteiger charge is -2.35. The van der Waals surface area contributed by atoms with Crippen molar-refractivity contribution < 1.29 is 22.6 Å². The highest BCUT2D eigenvalue weighted by molar-refractivity contribution is 6.31. The maximum Gasteiger partial charge on any atom is 0.573 e. The summed E-state index contributed by atoms with van der Waals surface area (Å²) >= 11 is 6.44. The highest BCUT2D eigenvalue weighted by Gasteiger charge is 2.31. The van der Waals surface area contributed by atoms with E-state index in [0.717, 1.165) is 90.6 Å². The predicted molar refractivity (Wildman–Crippen MR) is 164 cm³/mol. The average Bonchev–Trinajstić information content (AvgIpc) is 3.34. The molecule has 4 N–H and O–H groups in total. The number of methoxy groups -OCH3 is 1. The Labute approximate surface area is 254 Å². The summed E-state index contributed by atoms with van der Waals surface area (Å²) in [5.74, 6) is 0.519. The summed E-state index contributed by atoms with van der Waals surface area (Å²) in [6.45, 7) is 6.60. The number of hydrogen-bond donors (Lipinski definition) is 2. The first-order chi connectivity index (χ1) is 20.7. The number of hydrogen-bond acceptors (Lipinski definition) is 6. The van der Waals surface area contributed by atoms with Gasteiger partial charge in [-0.15, -0.1) is 13.2 Å². The number of nitrogens with two attached hydrogens (primary N) is 2. The van der Waals surface area contributed by atoms with Crippen molar-refractivity contribution >= 4 is 22.5 Å². The molecule has 0 unspecified atom stereocenters. The van der Waals surface area contributed by atoms with Crippen molar-refractivity contribution in [1.29, 1.82) is 0 Å². The van der Waals surface area contributed by atoms with Gasteiger partial charge in [-0.1, -0.05) is 23.7 Å². The second-order valence-electron chi connectivity index (χ2n) is 10.8. The molecule has 1 aliphatic rings. The molecule has 0 amide bonds. The second-order valence-corrected chi connectivity index (χ2v) is 11.2. The third-order valence-corrected chi connectivity index (χ3v) is 8.26. The van der Waals surface area contributed by atoms with Crippen LogP contribution in [0.3, 0.4) is 0 Å². The Morgan fingerprint density at radius 2 is 1.53 bits per heavy atom. The average molecular weight is 616 g/mol. The molecule has 0 aliphatic carbocycles. The summed E-state index contributed by atoms with van der Waals surface area (Å²) in [7, 11) is 1.65. The Balaban J connectivity index is 1.35. The van der Waals surface area contributed by atoms with Crippen LogP contribution in [0.4, 0.5) is 13.2 Å². The summed E-state index contributed by atoms with van der Waals surface area (Å²) in [5, 5.41) is 1.77. The fourth-order valence-corrected chi connectivity index (χ4v) is 5.88. The van der Waals surface area contributed by atoms with E-state index in [1.807, 2.05) is 24.4 Å². The van der Waals surface area contributed by atoms with Gasteiger partial charge in [0.2, 0.25) is 0 Å². The highest BCUT2D eigenvalue weighted by atomic mass is 35.5. The van der Waals surface area contributed by atoms with Crippen molar-refractivity contribution in [2.45, 2.75) is 39.0 Å². The number of halogens is 4. The molecule has 0 atom stereocenters. The molecule has 43 heavy (non-hydrogen) atoms. The summed E-state index contributed by atoms with van der Waals surface area (Å²) in [6, 6.07) is 16.6. The number of fused-ring (bicyclic) bond motifs is 1. The second kappa shape index (κ2) is 13.6. The van der Waals surface area contributed by atoms with Gasteiger partial charge in [-0.3, -0.25) is 9.80 Å². The molecule has 1 aliphatic heterocycles. The smallest absolute Gasteiger partial charge is 0.497 e. The van der Waals surface area contributed by atoms with Gasteiger partial charge < -0.3 is 25.5 Å². The first kappa shape index (κ1) is 31.2. The lowest BCUT2D eigenvalue weighted by atomic mass is 9.98. The van der Waals surface area contributed by atoms with Crippen molar-refractivity contribution in [3.05, 3.63) is 82.5 Å². The molecule has 7 nitrogen and oxygen atoms in total. The van der Waals surface area contributed by atoms with Gasteiger partial charge in [-0.05, 0) is 77.7 Å². The van der Waals surface area contributed by atoms with E-state index in [2.05, 4.69) is 37.3 Å². The Kier molecular flexibility index (Phi) is 9.83. The van der Waals surface area contributed by atoms with Gasteiger partial charge in [0.1, 0.15) is 11.5 Å². The minimum atomic E-state index is -4.77. The van der Waals surface area contributed by atoms with E-state index in [-0.39, 0.29) is 12.3 Å². The number of benzene rings is 3. The SMILES string of the molecule is COc1ccc(Cl)c(CN2CCN(Cc3ccc4c(c3)c(-c3ccc(OC(F)(F)F)cc3CN)cn4CCCN)CC2)c1. The molecule has 4 aromatic rings. The zero-order valence-electron chi connectivity index (χ0n) is 24.2. The van der Waals surface area contributed by atoms with Gasteiger partial charge in [0.15, 0.2) is 0 Å². The first-order valence-corrected chi connectivity index (χ1v) is 14.7. The molecule has 1 fully saturated rings. The van der Waals surface area contributed by atoms with Crippen LogP contribution in [0.25, 0.3) is 22.0 Å². The van der Waals surface area contributed by atoms with Gasteiger partial charge in [0, 0.05) is 80.0 Å². The van der Waals surface area contributed by atoms with Crippen LogP contribution in [0.15, 0.2) is 60.8 Å². The number of ether oxygens (including phenoxy) is 2. The van der Waals surface area contributed by atoms with Crippen LogP contribution in [0.2, 0.25) is 5.02 Å². The van der Waals surface area contributed by atoms with Crippen molar-refractivity contribution in [2.24, 2.45) is 11.5 Å². The number of aromatic nitrogens is 1. The van der Waals surface area contributed by atoms with E-state index >= 15 is 0 Å². The van der Waals surface area contributed by atoms with Crippen molar-refractivity contribution in [2.75, 3.05) is 39.8 Å². The van der Waals surface area contributed by atoms with E-state index in [1.54, 1.807) is 13.2 Å². The molecule has 5 rings (SSSR count). The maximum atomic E-state index is 12.8. The largest absolute Gasteiger partial charge is 0.573 e. The third kappa shape index (κ3) is 7.63. The van der Waals surface area contributed by atoms with Crippen LogP contribution >= 0.6 is 11.6 Å². The molecule has 0 saturated carbocycles. The molecule has 3 aromatic carbocycles. The lowest BCUT2D eigenvalue weighted by molar-refractivity contribution is -0.274. The van der Waals surface area contributed by atoms with Crippen LogP contribution in [-0.4, -0.2) is 60.6 Å². The molecular formula is C32H37ClF3N5O2. The van der Waals surface area contributed by atoms with E-state index in [9.17, 15) is 13.2 Å². The van der Waals surface area contributed by atoms with E-state index in [0.29, 0.717) is 12.1 Å². The monoisotopic (exact) mass is 615 g/mol. The van der Waals surface area contributed by atoms with Gasteiger partial charge in [-0.2, -0.15) is 0 Å². The molecule has 2 heterocycles. The Morgan fingerprint density at radius 1 is 0.837 bits per heavy atom. The topological polar surface area (TPSA) is 81.9 Å². The lowest BCUT2D eigenvalue weighted by Crippen LogP contribution is -2.45. The standard InChI is InChI=1S/C32H37ClF3N5O2/c1-42-25-5-7-30(33)24(17-25)20-40-13-11-39(12-14-40)19-22-3-8-31-28(15-22)29(21-41(31)10-2-9-37)27-6-4-26(16-23(27)18-38)43-32(34,35)36/h3-8,15-17,21H,2,9-14,18-20,37-38H2,1H3. The van der Waals surface area contributed by atoms with Crippen LogP contribution in [0, 0.1) is 0 Å². The summed E-state index contributed by atoms with van der Waals surface area (Å²) in [4.78, 5) is 4.83. The van der Waals surface area contributed by atoms with Crippen molar-refractivity contribution in [1.82, 2.24) is 14.4 Å². The van der Waals surface area contributed by atoms with Crippen molar-refractivity contribution in [3.8, 4) is 22.6 Å². The van der Waals surface area contributed by atoms with Crippen LogP contribution in [-0.2, 0) is 26.2 Å². The van der Waals surface area contributed by atoms with Gasteiger partial charge >= 0.3 is 6.36 Å². The quantitative estimate of drug-likeness (QED) is 0.216.